The predicted molar refractivity (Wildman–Crippen MR) is 121 cm³/mol. The maximum Gasteiger partial charge on any atom is 0.191 e. The van der Waals surface area contributed by atoms with E-state index in [4.69, 9.17) is 0 Å². The lowest BCUT2D eigenvalue weighted by molar-refractivity contribution is 0.598. The first kappa shape index (κ1) is 23.0. The molecule has 1 unspecified atom stereocenters. The molecule has 0 saturated carbocycles. The van der Waals surface area contributed by atoms with Crippen LogP contribution in [0.1, 0.15) is 20.3 Å². The summed E-state index contributed by atoms with van der Waals surface area (Å²) < 4.78 is 24.1. The second-order valence-electron chi connectivity index (χ2n) is 6.49. The van der Waals surface area contributed by atoms with Gasteiger partial charge in [-0.3, -0.25) is 4.99 Å². The minimum absolute atomic E-state index is 0. The molecule has 0 aromatic heterocycles. The Morgan fingerprint density at radius 1 is 1.36 bits per heavy atom. The van der Waals surface area contributed by atoms with Crippen molar-refractivity contribution < 1.29 is 8.42 Å². The third-order valence-electron chi connectivity index (χ3n) is 3.69. The Morgan fingerprint density at radius 2 is 2.00 bits per heavy atom. The van der Waals surface area contributed by atoms with Gasteiger partial charge in [0.1, 0.15) is 0 Å². The van der Waals surface area contributed by atoms with E-state index in [1.54, 1.807) is 18.8 Å². The molecule has 1 aromatic carbocycles. The second-order valence-corrected chi connectivity index (χ2v) is 11.4. The van der Waals surface area contributed by atoms with Crippen LogP contribution in [-0.4, -0.2) is 50.3 Å². The highest BCUT2D eigenvalue weighted by Crippen LogP contribution is 2.32. The van der Waals surface area contributed by atoms with Gasteiger partial charge in [-0.05, 0) is 44.5 Å². The van der Waals surface area contributed by atoms with E-state index in [0.29, 0.717) is 18.9 Å². The van der Waals surface area contributed by atoms with E-state index in [0.717, 1.165) is 4.47 Å². The zero-order valence-electron chi connectivity index (χ0n) is 14.6. The average Bonchev–Trinajstić information content (AvgIpc) is 2.84. The molecule has 5 nitrogen and oxygen atoms in total. The molecule has 0 spiro atoms. The Labute approximate surface area is 180 Å². The van der Waals surface area contributed by atoms with Crippen molar-refractivity contribution in [3.05, 3.63) is 28.7 Å². The van der Waals surface area contributed by atoms with Crippen molar-refractivity contribution >= 4 is 67.5 Å². The SMILES string of the molecule is CN=C(NCC(C)(C)Sc1ccc(Br)cc1)NC1CCS(=O)(=O)C1.I. The van der Waals surface area contributed by atoms with Gasteiger partial charge in [0.25, 0.3) is 0 Å². The van der Waals surface area contributed by atoms with Gasteiger partial charge < -0.3 is 10.6 Å². The number of nitrogens with one attached hydrogen (secondary N) is 2. The minimum atomic E-state index is -2.89. The molecule has 9 heteroatoms. The van der Waals surface area contributed by atoms with Crippen molar-refractivity contribution in [2.24, 2.45) is 4.99 Å². The van der Waals surface area contributed by atoms with Gasteiger partial charge in [-0.1, -0.05) is 15.9 Å². The molecule has 25 heavy (non-hydrogen) atoms. The molecule has 2 rings (SSSR count). The van der Waals surface area contributed by atoms with Gasteiger partial charge in [-0.2, -0.15) is 0 Å². The maximum atomic E-state index is 11.5. The summed E-state index contributed by atoms with van der Waals surface area (Å²) in [5, 5.41) is 6.52. The van der Waals surface area contributed by atoms with Crippen molar-refractivity contribution in [2.75, 3.05) is 25.1 Å². The minimum Gasteiger partial charge on any atom is -0.355 e. The summed E-state index contributed by atoms with van der Waals surface area (Å²) in [7, 11) is -1.19. The van der Waals surface area contributed by atoms with Crippen LogP contribution in [0.3, 0.4) is 0 Å². The average molecular weight is 562 g/mol. The number of nitrogens with zero attached hydrogens (tertiary/aromatic N) is 1. The van der Waals surface area contributed by atoms with Gasteiger partial charge >= 0.3 is 0 Å². The summed E-state index contributed by atoms with van der Waals surface area (Å²) in [6.07, 6.45) is 0.639. The highest BCUT2D eigenvalue weighted by Gasteiger charge is 2.28. The first-order valence-electron chi connectivity index (χ1n) is 7.81. The van der Waals surface area contributed by atoms with Crippen LogP contribution >= 0.6 is 51.7 Å². The lowest BCUT2D eigenvalue weighted by Gasteiger charge is -2.26. The molecular weight excluding hydrogens is 537 g/mol. The van der Waals surface area contributed by atoms with Crippen LogP contribution < -0.4 is 10.6 Å². The van der Waals surface area contributed by atoms with Crippen LogP contribution in [0.15, 0.2) is 38.6 Å². The molecule has 0 amide bonds. The fourth-order valence-electron chi connectivity index (χ4n) is 2.45. The van der Waals surface area contributed by atoms with Crippen LogP contribution in [0, 0.1) is 0 Å². The van der Waals surface area contributed by atoms with Crippen LogP contribution in [0.25, 0.3) is 0 Å². The van der Waals surface area contributed by atoms with Gasteiger partial charge in [-0.15, -0.1) is 35.7 Å². The third kappa shape index (κ3) is 8.04. The normalized spacial score (nSPS) is 20.0. The monoisotopic (exact) mass is 561 g/mol. The Morgan fingerprint density at radius 3 is 2.52 bits per heavy atom. The number of rotatable bonds is 5. The number of hydrogen-bond acceptors (Lipinski definition) is 4. The molecule has 1 fully saturated rings. The third-order valence-corrected chi connectivity index (χ3v) is 7.19. The van der Waals surface area contributed by atoms with Crippen LogP contribution in [0.2, 0.25) is 0 Å². The molecule has 1 aliphatic heterocycles. The van der Waals surface area contributed by atoms with Gasteiger partial charge in [0.05, 0.1) is 11.5 Å². The van der Waals surface area contributed by atoms with Gasteiger partial charge in [0, 0.05) is 33.7 Å². The van der Waals surface area contributed by atoms with Crippen molar-refractivity contribution in [1.29, 1.82) is 0 Å². The van der Waals surface area contributed by atoms with E-state index < -0.39 is 9.84 Å². The summed E-state index contributed by atoms with van der Waals surface area (Å²) >= 11 is 5.23. The lowest BCUT2D eigenvalue weighted by atomic mass is 10.2. The van der Waals surface area contributed by atoms with Gasteiger partial charge in [0.2, 0.25) is 0 Å². The number of aliphatic imine (C=N–C) groups is 1. The smallest absolute Gasteiger partial charge is 0.191 e. The van der Waals surface area contributed by atoms with Gasteiger partial charge in [-0.25, -0.2) is 8.42 Å². The molecule has 0 aliphatic carbocycles. The number of guanidine groups is 1. The number of halogens is 2. The van der Waals surface area contributed by atoms with Crippen molar-refractivity contribution in [3.8, 4) is 0 Å². The zero-order valence-corrected chi connectivity index (χ0v) is 20.1. The molecule has 1 heterocycles. The standard InChI is InChI=1S/C16H24BrN3O2S2.HI/c1-16(2,23-14-6-4-12(17)5-7-14)11-19-15(18-3)20-13-8-9-24(21,22)10-13;/h4-7,13H,8-11H2,1-3H3,(H2,18,19,20);1H. The summed E-state index contributed by atoms with van der Waals surface area (Å²) in [5.74, 6) is 1.10. The maximum absolute atomic E-state index is 11.5. The number of hydrogen-bond donors (Lipinski definition) is 2. The first-order chi connectivity index (χ1) is 11.2. The molecule has 1 saturated heterocycles. The van der Waals surface area contributed by atoms with E-state index in [-0.39, 0.29) is 46.3 Å². The predicted octanol–water partition coefficient (Wildman–Crippen LogP) is 3.29. The van der Waals surface area contributed by atoms with Crippen LogP contribution in [-0.2, 0) is 9.84 Å². The first-order valence-corrected chi connectivity index (χ1v) is 11.2. The molecule has 0 bridgehead atoms. The molecule has 2 N–H and O–H groups in total. The lowest BCUT2D eigenvalue weighted by Crippen LogP contribution is -2.47. The van der Waals surface area contributed by atoms with E-state index in [9.17, 15) is 8.42 Å². The van der Waals surface area contributed by atoms with E-state index in [1.807, 2.05) is 12.1 Å². The fourth-order valence-corrected chi connectivity index (χ4v) is 5.44. The summed E-state index contributed by atoms with van der Waals surface area (Å²) in [5.41, 5.74) is 0. The number of benzene rings is 1. The number of sulfone groups is 1. The van der Waals surface area contributed by atoms with Crippen LogP contribution in [0.4, 0.5) is 0 Å². The van der Waals surface area contributed by atoms with E-state index in [1.165, 1.54) is 4.90 Å². The fraction of sp³-hybridized carbons (Fsp3) is 0.562. The molecular formula is C16H25BrIN3O2S2. The van der Waals surface area contributed by atoms with Crippen LogP contribution in [0.5, 0.6) is 0 Å². The number of thioether (sulfide) groups is 1. The van der Waals surface area contributed by atoms with Crippen molar-refractivity contribution in [3.63, 3.8) is 0 Å². The zero-order chi connectivity index (χ0) is 17.8. The quantitative estimate of drug-likeness (QED) is 0.250. The molecule has 1 aliphatic rings. The Hall–Kier alpha value is -0.000000000000000222. The highest BCUT2D eigenvalue weighted by molar-refractivity contribution is 14.0. The largest absolute Gasteiger partial charge is 0.355 e. The molecule has 1 atom stereocenters. The molecule has 1 aromatic rings. The van der Waals surface area contributed by atoms with E-state index >= 15 is 0 Å². The summed E-state index contributed by atoms with van der Waals surface area (Å²) in [6, 6.07) is 8.20. The van der Waals surface area contributed by atoms with Gasteiger partial charge in [0.15, 0.2) is 15.8 Å². The van der Waals surface area contributed by atoms with E-state index in [2.05, 4.69) is 57.5 Å². The van der Waals surface area contributed by atoms with Crippen molar-refractivity contribution in [1.82, 2.24) is 10.6 Å². The highest BCUT2D eigenvalue weighted by atomic mass is 127. The second kappa shape index (κ2) is 9.80. The molecule has 142 valence electrons. The Bertz CT molecular complexity index is 694. The molecule has 0 radical (unpaired) electrons. The summed E-state index contributed by atoms with van der Waals surface area (Å²) in [4.78, 5) is 5.41. The summed E-state index contributed by atoms with van der Waals surface area (Å²) in [6.45, 7) is 5.05. The topological polar surface area (TPSA) is 70.6 Å². The van der Waals surface area contributed by atoms with Crippen molar-refractivity contribution in [2.45, 2.75) is 36.0 Å². The Balaban J connectivity index is 0.00000312. The Kier molecular flexibility index (Phi) is 9.03.